The van der Waals surface area contributed by atoms with Crippen molar-refractivity contribution in [3.63, 3.8) is 0 Å². The molecule has 6 nitrogen and oxygen atoms in total. The molecule has 6 heteroatoms. The Labute approximate surface area is 93.8 Å². The molecule has 16 heavy (non-hydrogen) atoms. The highest BCUT2D eigenvalue weighted by atomic mass is 16.5. The third kappa shape index (κ3) is 2.21. The molecule has 0 bridgehead atoms. The molecule has 0 saturated heterocycles. The largest absolute Gasteiger partial charge is 0.464 e. The molecule has 0 amide bonds. The Hall–Kier alpha value is -1.43. The molecule has 2 rings (SSSR count). The topological polar surface area (TPSA) is 83.0 Å². The maximum Gasteiger partial charge on any atom is 0.360 e. The first-order valence-electron chi connectivity index (χ1n) is 5.46. The van der Waals surface area contributed by atoms with Crippen LogP contribution in [0.3, 0.4) is 0 Å². The van der Waals surface area contributed by atoms with Crippen LogP contribution in [0.5, 0.6) is 0 Å². The molecule has 0 spiro atoms. The van der Waals surface area contributed by atoms with Gasteiger partial charge in [0.15, 0.2) is 5.69 Å². The molecule has 0 aromatic carbocycles. The van der Waals surface area contributed by atoms with E-state index in [9.17, 15) is 4.79 Å². The molecule has 0 aliphatic heterocycles. The van der Waals surface area contributed by atoms with E-state index in [2.05, 4.69) is 15.0 Å². The summed E-state index contributed by atoms with van der Waals surface area (Å²) in [5, 5.41) is 7.75. The summed E-state index contributed by atoms with van der Waals surface area (Å²) < 4.78 is 6.33. The van der Waals surface area contributed by atoms with Crippen LogP contribution in [0.2, 0.25) is 0 Å². The normalized spacial score (nSPS) is 25.4. The zero-order valence-corrected chi connectivity index (χ0v) is 9.30. The summed E-state index contributed by atoms with van der Waals surface area (Å²) in [4.78, 5) is 11.2. The van der Waals surface area contributed by atoms with Crippen LogP contribution >= 0.6 is 0 Å². The number of hydrogen-bond donors (Lipinski definition) is 1. The van der Waals surface area contributed by atoms with E-state index in [0.29, 0.717) is 12.1 Å². The first kappa shape index (κ1) is 11.1. The van der Waals surface area contributed by atoms with E-state index in [1.165, 1.54) is 7.11 Å². The molecule has 1 aliphatic rings. The number of methoxy groups -OCH3 is 1. The second-order valence-corrected chi connectivity index (χ2v) is 4.14. The van der Waals surface area contributed by atoms with E-state index in [1.807, 2.05) is 0 Å². The number of carbonyl (C=O) groups excluding carboxylic acids is 1. The molecular formula is C10H16N4O2. The van der Waals surface area contributed by atoms with Crippen molar-refractivity contribution in [1.82, 2.24) is 15.0 Å². The fourth-order valence-corrected chi connectivity index (χ4v) is 2.02. The molecule has 0 atom stereocenters. The van der Waals surface area contributed by atoms with Gasteiger partial charge in [-0.1, -0.05) is 5.21 Å². The minimum absolute atomic E-state index is 0.261. The Morgan fingerprint density at radius 2 is 2.19 bits per heavy atom. The van der Waals surface area contributed by atoms with Crippen LogP contribution in [0.1, 0.15) is 42.2 Å². The van der Waals surface area contributed by atoms with Gasteiger partial charge in [0, 0.05) is 6.04 Å². The minimum atomic E-state index is -0.446. The third-order valence-electron chi connectivity index (χ3n) is 3.02. The summed E-state index contributed by atoms with van der Waals surface area (Å²) in [6.07, 6.45) is 5.62. The van der Waals surface area contributed by atoms with Crippen LogP contribution in [-0.2, 0) is 4.74 Å². The number of esters is 1. The van der Waals surface area contributed by atoms with Gasteiger partial charge in [-0.15, -0.1) is 5.10 Å². The van der Waals surface area contributed by atoms with Crippen molar-refractivity contribution in [3.05, 3.63) is 11.9 Å². The minimum Gasteiger partial charge on any atom is -0.464 e. The highest BCUT2D eigenvalue weighted by Gasteiger charge is 2.22. The van der Waals surface area contributed by atoms with Gasteiger partial charge in [0.05, 0.1) is 19.3 Å². The van der Waals surface area contributed by atoms with Crippen LogP contribution in [0.15, 0.2) is 6.20 Å². The molecule has 1 aliphatic carbocycles. The molecule has 0 radical (unpaired) electrons. The summed E-state index contributed by atoms with van der Waals surface area (Å²) in [5.41, 5.74) is 6.09. The Kier molecular flexibility index (Phi) is 3.19. The van der Waals surface area contributed by atoms with Crippen molar-refractivity contribution in [2.75, 3.05) is 7.11 Å². The molecule has 1 saturated carbocycles. The molecule has 0 unspecified atom stereocenters. The Morgan fingerprint density at radius 3 is 2.81 bits per heavy atom. The summed E-state index contributed by atoms with van der Waals surface area (Å²) >= 11 is 0. The van der Waals surface area contributed by atoms with E-state index in [4.69, 9.17) is 5.73 Å². The number of rotatable bonds is 2. The third-order valence-corrected chi connectivity index (χ3v) is 3.02. The maximum absolute atomic E-state index is 11.2. The summed E-state index contributed by atoms with van der Waals surface area (Å²) in [6, 6.07) is 0.616. The SMILES string of the molecule is COC(=O)c1cn(C2CCC(N)CC2)nn1. The van der Waals surface area contributed by atoms with Crippen LogP contribution in [-0.4, -0.2) is 34.1 Å². The van der Waals surface area contributed by atoms with Crippen molar-refractivity contribution in [3.8, 4) is 0 Å². The second-order valence-electron chi connectivity index (χ2n) is 4.14. The van der Waals surface area contributed by atoms with Crippen LogP contribution in [0, 0.1) is 0 Å². The fourth-order valence-electron chi connectivity index (χ4n) is 2.02. The summed E-state index contributed by atoms with van der Waals surface area (Å²) in [5.74, 6) is -0.446. The van der Waals surface area contributed by atoms with Gasteiger partial charge in [0.25, 0.3) is 0 Å². The number of aromatic nitrogens is 3. The van der Waals surface area contributed by atoms with Gasteiger partial charge in [0.2, 0.25) is 0 Å². The predicted octanol–water partition coefficient (Wildman–Crippen LogP) is 0.507. The summed E-state index contributed by atoms with van der Waals surface area (Å²) in [7, 11) is 1.33. The van der Waals surface area contributed by atoms with Crippen molar-refractivity contribution >= 4 is 5.97 Å². The van der Waals surface area contributed by atoms with E-state index in [0.717, 1.165) is 25.7 Å². The number of carbonyl (C=O) groups is 1. The smallest absolute Gasteiger partial charge is 0.360 e. The highest BCUT2D eigenvalue weighted by Crippen LogP contribution is 2.26. The van der Waals surface area contributed by atoms with Gasteiger partial charge in [-0.3, -0.25) is 0 Å². The van der Waals surface area contributed by atoms with Crippen LogP contribution < -0.4 is 5.73 Å². The number of nitrogens with two attached hydrogens (primary N) is 1. The predicted molar refractivity (Wildman–Crippen MR) is 56.8 cm³/mol. The lowest BCUT2D eigenvalue weighted by atomic mass is 9.92. The highest BCUT2D eigenvalue weighted by molar-refractivity contribution is 5.86. The van der Waals surface area contributed by atoms with Crippen molar-refractivity contribution in [1.29, 1.82) is 0 Å². The first-order chi connectivity index (χ1) is 7.70. The molecule has 1 fully saturated rings. The molecule has 1 aromatic heterocycles. The lowest BCUT2D eigenvalue weighted by molar-refractivity contribution is 0.0594. The van der Waals surface area contributed by atoms with Gasteiger partial charge < -0.3 is 10.5 Å². The van der Waals surface area contributed by atoms with Crippen molar-refractivity contribution in [2.45, 2.75) is 37.8 Å². The average Bonchev–Trinajstić information content (AvgIpc) is 2.78. The molecule has 88 valence electrons. The van der Waals surface area contributed by atoms with Gasteiger partial charge in [-0.2, -0.15) is 0 Å². The average molecular weight is 224 g/mol. The lowest BCUT2D eigenvalue weighted by Crippen LogP contribution is -2.28. The maximum atomic E-state index is 11.2. The molecule has 1 heterocycles. The van der Waals surface area contributed by atoms with Crippen LogP contribution in [0.25, 0.3) is 0 Å². The van der Waals surface area contributed by atoms with E-state index in [1.54, 1.807) is 10.9 Å². The standard InChI is InChI=1S/C10H16N4O2/c1-16-10(15)9-6-14(13-12-9)8-4-2-7(11)3-5-8/h6-8H,2-5,11H2,1H3. The lowest BCUT2D eigenvalue weighted by Gasteiger charge is -2.25. The van der Waals surface area contributed by atoms with Gasteiger partial charge in [0.1, 0.15) is 0 Å². The van der Waals surface area contributed by atoms with Crippen molar-refractivity contribution in [2.24, 2.45) is 5.73 Å². The van der Waals surface area contributed by atoms with Crippen molar-refractivity contribution < 1.29 is 9.53 Å². The van der Waals surface area contributed by atoms with Gasteiger partial charge in [-0.25, -0.2) is 9.48 Å². The number of nitrogens with zero attached hydrogens (tertiary/aromatic N) is 3. The molecule has 2 N–H and O–H groups in total. The zero-order valence-electron chi connectivity index (χ0n) is 9.30. The van der Waals surface area contributed by atoms with E-state index in [-0.39, 0.29) is 5.69 Å². The van der Waals surface area contributed by atoms with Crippen LogP contribution in [0.4, 0.5) is 0 Å². The number of ether oxygens (including phenoxy) is 1. The molecule has 1 aromatic rings. The monoisotopic (exact) mass is 224 g/mol. The van der Waals surface area contributed by atoms with Gasteiger partial charge in [-0.05, 0) is 25.7 Å². The van der Waals surface area contributed by atoms with Gasteiger partial charge >= 0.3 is 5.97 Å². The molecular weight excluding hydrogens is 208 g/mol. The Morgan fingerprint density at radius 1 is 1.50 bits per heavy atom. The Balaban J connectivity index is 2.04. The fraction of sp³-hybridized carbons (Fsp3) is 0.700. The summed E-state index contributed by atoms with van der Waals surface area (Å²) in [6.45, 7) is 0. The second kappa shape index (κ2) is 4.61. The first-order valence-corrected chi connectivity index (χ1v) is 5.46. The van der Waals surface area contributed by atoms with E-state index >= 15 is 0 Å². The Bertz CT molecular complexity index is 369. The quantitative estimate of drug-likeness (QED) is 0.740. The van der Waals surface area contributed by atoms with E-state index < -0.39 is 5.97 Å². The zero-order chi connectivity index (χ0) is 11.5. The number of hydrogen-bond acceptors (Lipinski definition) is 5.